The summed E-state index contributed by atoms with van der Waals surface area (Å²) in [6.07, 6.45) is 15.5. The molecule has 3 N–H and O–H groups in total. The van der Waals surface area contributed by atoms with Crippen molar-refractivity contribution in [2.75, 3.05) is 13.1 Å². The third-order valence-corrected chi connectivity index (χ3v) is 4.92. The highest BCUT2D eigenvalue weighted by atomic mass is 16.3. The van der Waals surface area contributed by atoms with Gasteiger partial charge in [0, 0.05) is 25.2 Å². The van der Waals surface area contributed by atoms with E-state index in [1.807, 2.05) is 0 Å². The van der Waals surface area contributed by atoms with Crippen LogP contribution in [0, 0.1) is 0 Å². The smallest absolute Gasteiger partial charge is 0.0570 e. The Kier molecular flexibility index (Phi) is 12.1. The topological polar surface area (TPSA) is 44.3 Å². The van der Waals surface area contributed by atoms with Crippen molar-refractivity contribution in [1.82, 2.24) is 10.6 Å². The third-order valence-electron chi connectivity index (χ3n) is 4.92. The monoisotopic (exact) mass is 312 g/mol. The van der Waals surface area contributed by atoms with Crippen LogP contribution in [0.3, 0.4) is 0 Å². The predicted octanol–water partition coefficient (Wildman–Crippen LogP) is 4.00. The molecule has 0 spiro atoms. The van der Waals surface area contributed by atoms with Crippen LogP contribution in [0.4, 0.5) is 0 Å². The second kappa shape index (κ2) is 13.3. The molecule has 22 heavy (non-hydrogen) atoms. The van der Waals surface area contributed by atoms with E-state index >= 15 is 0 Å². The van der Waals surface area contributed by atoms with E-state index in [1.165, 1.54) is 64.2 Å². The van der Waals surface area contributed by atoms with Gasteiger partial charge in [0.1, 0.15) is 0 Å². The molecule has 1 saturated carbocycles. The molecule has 0 amide bonds. The van der Waals surface area contributed by atoms with Gasteiger partial charge in [-0.2, -0.15) is 0 Å². The lowest BCUT2D eigenvalue weighted by Gasteiger charge is -2.32. The van der Waals surface area contributed by atoms with Crippen molar-refractivity contribution in [3.05, 3.63) is 0 Å². The summed E-state index contributed by atoms with van der Waals surface area (Å²) < 4.78 is 0. The fraction of sp³-hybridized carbons (Fsp3) is 1.00. The molecular formula is C19H40N2O. The highest BCUT2D eigenvalue weighted by Crippen LogP contribution is 2.18. The Bertz CT molecular complexity index is 242. The summed E-state index contributed by atoms with van der Waals surface area (Å²) >= 11 is 0. The van der Waals surface area contributed by atoms with Crippen molar-refractivity contribution < 1.29 is 5.11 Å². The Balaban J connectivity index is 2.05. The molecule has 0 bridgehead atoms. The van der Waals surface area contributed by atoms with E-state index in [2.05, 4.69) is 24.5 Å². The predicted molar refractivity (Wildman–Crippen MR) is 96.3 cm³/mol. The van der Waals surface area contributed by atoms with Gasteiger partial charge in [-0.3, -0.25) is 0 Å². The first-order chi connectivity index (χ1) is 10.8. The number of aliphatic hydroxyl groups is 1. The maximum Gasteiger partial charge on any atom is 0.0570 e. The summed E-state index contributed by atoms with van der Waals surface area (Å²) in [5.41, 5.74) is 0. The van der Waals surface area contributed by atoms with Crippen LogP contribution in [0.1, 0.15) is 90.9 Å². The number of hydrogen-bond donors (Lipinski definition) is 3. The fourth-order valence-electron chi connectivity index (χ4n) is 3.29. The summed E-state index contributed by atoms with van der Waals surface area (Å²) in [7, 11) is 0. The standard InChI is InChI=1S/C19H40N2O/c1-3-5-7-8-10-12-17(11-9-6-4-2)20-13-14-21-18-15-19(22)16-18/h17-22H,3-16H2,1-2H3/t17?,18-,19-. The fourth-order valence-corrected chi connectivity index (χ4v) is 3.29. The largest absolute Gasteiger partial charge is 0.393 e. The summed E-state index contributed by atoms with van der Waals surface area (Å²) in [4.78, 5) is 0. The molecule has 1 rings (SSSR count). The van der Waals surface area contributed by atoms with E-state index in [0.717, 1.165) is 25.9 Å². The first-order valence-electron chi connectivity index (χ1n) is 9.91. The molecule has 0 aromatic rings. The number of hydrogen-bond acceptors (Lipinski definition) is 3. The minimum Gasteiger partial charge on any atom is -0.393 e. The molecule has 0 aliphatic heterocycles. The quantitative estimate of drug-likeness (QED) is 0.401. The van der Waals surface area contributed by atoms with Crippen LogP contribution in [-0.4, -0.2) is 36.4 Å². The Morgan fingerprint density at radius 1 is 0.864 bits per heavy atom. The molecule has 1 fully saturated rings. The first kappa shape index (κ1) is 19.9. The highest BCUT2D eigenvalue weighted by molar-refractivity contribution is 4.84. The molecule has 0 aromatic carbocycles. The van der Waals surface area contributed by atoms with Gasteiger partial charge in [0.2, 0.25) is 0 Å². The van der Waals surface area contributed by atoms with Gasteiger partial charge in [-0.25, -0.2) is 0 Å². The molecule has 0 saturated heterocycles. The van der Waals surface area contributed by atoms with Crippen LogP contribution in [0.15, 0.2) is 0 Å². The van der Waals surface area contributed by atoms with Crippen LogP contribution in [0.5, 0.6) is 0 Å². The van der Waals surface area contributed by atoms with E-state index in [1.54, 1.807) is 0 Å². The van der Waals surface area contributed by atoms with Crippen molar-refractivity contribution in [2.24, 2.45) is 0 Å². The van der Waals surface area contributed by atoms with Gasteiger partial charge >= 0.3 is 0 Å². The zero-order valence-corrected chi connectivity index (χ0v) is 15.1. The number of aliphatic hydroxyl groups excluding tert-OH is 1. The summed E-state index contributed by atoms with van der Waals surface area (Å²) in [6, 6.07) is 1.27. The van der Waals surface area contributed by atoms with Crippen molar-refractivity contribution in [1.29, 1.82) is 0 Å². The molecule has 0 radical (unpaired) electrons. The van der Waals surface area contributed by atoms with Gasteiger partial charge in [0.05, 0.1) is 6.10 Å². The van der Waals surface area contributed by atoms with E-state index in [4.69, 9.17) is 0 Å². The Morgan fingerprint density at radius 2 is 1.45 bits per heavy atom. The summed E-state index contributed by atoms with van der Waals surface area (Å²) in [5.74, 6) is 0. The second-order valence-electron chi connectivity index (χ2n) is 7.13. The molecule has 132 valence electrons. The zero-order chi connectivity index (χ0) is 16.0. The van der Waals surface area contributed by atoms with E-state index in [-0.39, 0.29) is 6.10 Å². The summed E-state index contributed by atoms with van der Waals surface area (Å²) in [6.45, 7) is 6.67. The Morgan fingerprint density at radius 3 is 2.09 bits per heavy atom. The van der Waals surface area contributed by atoms with Crippen molar-refractivity contribution >= 4 is 0 Å². The number of nitrogens with one attached hydrogen (secondary N) is 2. The van der Waals surface area contributed by atoms with E-state index in [0.29, 0.717) is 12.1 Å². The number of rotatable bonds is 15. The van der Waals surface area contributed by atoms with Crippen LogP contribution in [0.25, 0.3) is 0 Å². The lowest BCUT2D eigenvalue weighted by molar-refractivity contribution is 0.0628. The van der Waals surface area contributed by atoms with Crippen molar-refractivity contribution in [3.8, 4) is 0 Å². The minimum absolute atomic E-state index is 0.0460. The SMILES string of the molecule is CCCCCCCC(CCCCC)NCCN[C@H]1C[C@H](O)C1. The molecule has 3 heteroatoms. The second-order valence-corrected chi connectivity index (χ2v) is 7.13. The van der Waals surface area contributed by atoms with E-state index in [9.17, 15) is 5.11 Å². The normalized spacial score (nSPS) is 22.5. The molecule has 1 unspecified atom stereocenters. The van der Waals surface area contributed by atoms with Gasteiger partial charge < -0.3 is 15.7 Å². The minimum atomic E-state index is -0.0460. The molecule has 1 aliphatic carbocycles. The Labute approximate surface area is 138 Å². The highest BCUT2D eigenvalue weighted by Gasteiger charge is 2.26. The molecule has 1 aliphatic rings. The first-order valence-corrected chi connectivity index (χ1v) is 9.91. The Hall–Kier alpha value is -0.120. The lowest BCUT2D eigenvalue weighted by Crippen LogP contribution is -2.46. The average molecular weight is 313 g/mol. The maximum atomic E-state index is 9.29. The summed E-state index contributed by atoms with van der Waals surface area (Å²) in [5, 5.41) is 16.6. The molecule has 0 heterocycles. The van der Waals surface area contributed by atoms with Gasteiger partial charge in [-0.1, -0.05) is 65.2 Å². The van der Waals surface area contributed by atoms with Gasteiger partial charge in [0.25, 0.3) is 0 Å². The van der Waals surface area contributed by atoms with Gasteiger partial charge in [-0.05, 0) is 25.7 Å². The molecule has 3 nitrogen and oxygen atoms in total. The maximum absolute atomic E-state index is 9.29. The van der Waals surface area contributed by atoms with Crippen LogP contribution in [0.2, 0.25) is 0 Å². The van der Waals surface area contributed by atoms with Crippen LogP contribution >= 0.6 is 0 Å². The van der Waals surface area contributed by atoms with Crippen LogP contribution < -0.4 is 10.6 Å². The van der Waals surface area contributed by atoms with Gasteiger partial charge in [0.15, 0.2) is 0 Å². The number of unbranched alkanes of at least 4 members (excludes halogenated alkanes) is 6. The van der Waals surface area contributed by atoms with E-state index < -0.39 is 0 Å². The third kappa shape index (κ3) is 9.81. The lowest BCUT2D eigenvalue weighted by atomic mass is 9.89. The van der Waals surface area contributed by atoms with Crippen molar-refractivity contribution in [3.63, 3.8) is 0 Å². The molecule has 0 aromatic heterocycles. The average Bonchev–Trinajstić information content (AvgIpc) is 2.48. The van der Waals surface area contributed by atoms with Crippen molar-refractivity contribution in [2.45, 2.75) is 109 Å². The molecular weight excluding hydrogens is 272 g/mol. The zero-order valence-electron chi connectivity index (χ0n) is 15.1. The van der Waals surface area contributed by atoms with Gasteiger partial charge in [-0.15, -0.1) is 0 Å². The van der Waals surface area contributed by atoms with Crippen LogP contribution in [-0.2, 0) is 0 Å². The molecule has 1 atom stereocenters.